The molecule has 0 aliphatic carbocycles. The quantitative estimate of drug-likeness (QED) is 0.538. The van der Waals surface area contributed by atoms with Crippen LogP contribution in [0.25, 0.3) is 0 Å². The second-order valence-corrected chi connectivity index (χ2v) is 1.80. The van der Waals surface area contributed by atoms with E-state index >= 15 is 0 Å². The molecule has 1 fully saturated rings. The number of nitrogens with zero attached hydrogens (tertiary/aromatic N) is 1. The summed E-state index contributed by atoms with van der Waals surface area (Å²) in [7, 11) is 0. The van der Waals surface area contributed by atoms with Crippen molar-refractivity contribution in [2.45, 2.75) is 12.5 Å². The van der Waals surface area contributed by atoms with Gasteiger partial charge in [0.05, 0.1) is 18.5 Å². The minimum absolute atomic E-state index is 0.0949. The van der Waals surface area contributed by atoms with Gasteiger partial charge in [-0.15, -0.1) is 0 Å². The molecule has 1 rings (SSSR count). The van der Waals surface area contributed by atoms with Crippen LogP contribution in [0.15, 0.2) is 0 Å². The predicted molar refractivity (Wildman–Crippen MR) is 28.5 cm³/mol. The first-order valence-corrected chi connectivity index (χ1v) is 2.63. The standard InChI is InChI=1S/C5H6N2O2/c6-2-1-4-3-9-5(8)7-4/h4H,1,3H2,(H,7,8). The van der Waals surface area contributed by atoms with Crippen molar-refractivity contribution in [2.24, 2.45) is 0 Å². The van der Waals surface area contributed by atoms with Gasteiger partial charge in [0.15, 0.2) is 0 Å². The SMILES string of the molecule is N#CCC1COC(=O)N1. The van der Waals surface area contributed by atoms with Gasteiger partial charge in [-0.1, -0.05) is 0 Å². The van der Waals surface area contributed by atoms with Gasteiger partial charge in [0.25, 0.3) is 0 Å². The molecule has 1 atom stereocenters. The van der Waals surface area contributed by atoms with Crippen LogP contribution in [0.2, 0.25) is 0 Å². The summed E-state index contributed by atoms with van der Waals surface area (Å²) in [4.78, 5) is 10.3. The van der Waals surface area contributed by atoms with Crippen molar-refractivity contribution >= 4 is 6.09 Å². The van der Waals surface area contributed by atoms with E-state index < -0.39 is 6.09 Å². The molecular formula is C5H6N2O2. The largest absolute Gasteiger partial charge is 0.447 e. The number of nitrogens with one attached hydrogen (secondary N) is 1. The molecule has 0 spiro atoms. The summed E-state index contributed by atoms with van der Waals surface area (Å²) in [6.45, 7) is 0.326. The number of nitriles is 1. The lowest BCUT2D eigenvalue weighted by atomic mass is 10.2. The highest BCUT2D eigenvalue weighted by atomic mass is 16.6. The van der Waals surface area contributed by atoms with Crippen LogP contribution in [-0.4, -0.2) is 18.7 Å². The first-order chi connectivity index (χ1) is 4.33. The molecule has 0 aromatic carbocycles. The third-order valence-electron chi connectivity index (χ3n) is 1.08. The van der Waals surface area contributed by atoms with Crippen LogP contribution in [0.4, 0.5) is 4.79 Å². The van der Waals surface area contributed by atoms with E-state index in [0.717, 1.165) is 0 Å². The summed E-state index contributed by atoms with van der Waals surface area (Å²) in [5.74, 6) is 0. The highest BCUT2D eigenvalue weighted by Crippen LogP contribution is 1.99. The summed E-state index contributed by atoms with van der Waals surface area (Å²) in [6.07, 6.45) is -0.0959. The average molecular weight is 126 g/mol. The van der Waals surface area contributed by atoms with Gasteiger partial charge in [0.2, 0.25) is 0 Å². The molecule has 0 aromatic heterocycles. The maximum Gasteiger partial charge on any atom is 0.407 e. The molecule has 1 saturated heterocycles. The lowest BCUT2D eigenvalue weighted by Crippen LogP contribution is -2.25. The highest BCUT2D eigenvalue weighted by Gasteiger charge is 2.20. The summed E-state index contributed by atoms with van der Waals surface area (Å²) in [5, 5.41) is 10.6. The van der Waals surface area contributed by atoms with Gasteiger partial charge >= 0.3 is 6.09 Å². The van der Waals surface area contributed by atoms with Crippen molar-refractivity contribution in [3.63, 3.8) is 0 Å². The number of rotatable bonds is 1. The summed E-state index contributed by atoms with van der Waals surface area (Å²) < 4.78 is 4.52. The van der Waals surface area contributed by atoms with E-state index in [9.17, 15) is 4.79 Å². The Morgan fingerprint density at radius 1 is 2.00 bits per heavy atom. The minimum atomic E-state index is -0.421. The lowest BCUT2D eigenvalue weighted by molar-refractivity contribution is 0.177. The van der Waals surface area contributed by atoms with E-state index in [1.807, 2.05) is 6.07 Å². The van der Waals surface area contributed by atoms with Crippen LogP contribution in [-0.2, 0) is 4.74 Å². The van der Waals surface area contributed by atoms with Crippen LogP contribution in [0.3, 0.4) is 0 Å². The van der Waals surface area contributed by atoms with Gasteiger partial charge in [-0.25, -0.2) is 4.79 Å². The van der Waals surface area contributed by atoms with Crippen molar-refractivity contribution in [2.75, 3.05) is 6.61 Å². The molecule has 1 amide bonds. The number of ether oxygens (including phenoxy) is 1. The van der Waals surface area contributed by atoms with E-state index in [1.165, 1.54) is 0 Å². The predicted octanol–water partition coefficient (Wildman–Crippen LogP) is 0.00848. The third kappa shape index (κ3) is 1.32. The summed E-state index contributed by atoms with van der Waals surface area (Å²) in [5.41, 5.74) is 0. The smallest absolute Gasteiger partial charge is 0.407 e. The fourth-order valence-corrected chi connectivity index (χ4v) is 0.646. The first kappa shape index (κ1) is 5.89. The Morgan fingerprint density at radius 3 is 3.22 bits per heavy atom. The number of cyclic esters (lactones) is 1. The van der Waals surface area contributed by atoms with Crippen molar-refractivity contribution in [3.05, 3.63) is 0 Å². The second-order valence-electron chi connectivity index (χ2n) is 1.80. The monoisotopic (exact) mass is 126 g/mol. The minimum Gasteiger partial charge on any atom is -0.447 e. The maximum atomic E-state index is 10.3. The number of hydrogen-bond acceptors (Lipinski definition) is 3. The van der Waals surface area contributed by atoms with Gasteiger partial charge in [-0.2, -0.15) is 5.26 Å². The molecule has 0 radical (unpaired) electrons. The Kier molecular flexibility index (Phi) is 1.54. The van der Waals surface area contributed by atoms with Gasteiger partial charge in [0.1, 0.15) is 6.61 Å². The molecule has 0 saturated carbocycles. The molecule has 1 aliphatic heterocycles. The summed E-state index contributed by atoms with van der Waals surface area (Å²) in [6, 6.07) is 1.84. The number of hydrogen-bond donors (Lipinski definition) is 1. The van der Waals surface area contributed by atoms with Gasteiger partial charge in [-0.3, -0.25) is 0 Å². The molecule has 48 valence electrons. The fraction of sp³-hybridized carbons (Fsp3) is 0.600. The fourth-order valence-electron chi connectivity index (χ4n) is 0.646. The number of amides is 1. The number of carbonyl (C=O) groups excluding carboxylic acids is 1. The molecule has 4 heteroatoms. The normalized spacial score (nSPS) is 24.3. The molecular weight excluding hydrogens is 120 g/mol. The van der Waals surface area contributed by atoms with Gasteiger partial charge < -0.3 is 10.1 Å². The third-order valence-corrected chi connectivity index (χ3v) is 1.08. The zero-order chi connectivity index (χ0) is 6.69. The molecule has 9 heavy (non-hydrogen) atoms. The zero-order valence-corrected chi connectivity index (χ0v) is 4.76. The Labute approximate surface area is 52.4 Å². The highest BCUT2D eigenvalue weighted by molar-refractivity contribution is 5.69. The van der Waals surface area contributed by atoms with Crippen LogP contribution < -0.4 is 5.32 Å². The van der Waals surface area contributed by atoms with Crippen LogP contribution in [0, 0.1) is 11.3 Å². The zero-order valence-electron chi connectivity index (χ0n) is 4.76. The van der Waals surface area contributed by atoms with E-state index in [0.29, 0.717) is 13.0 Å². The van der Waals surface area contributed by atoms with Crippen molar-refractivity contribution in [1.82, 2.24) is 5.32 Å². The molecule has 4 nitrogen and oxygen atoms in total. The van der Waals surface area contributed by atoms with E-state index in [-0.39, 0.29) is 6.04 Å². The van der Waals surface area contributed by atoms with E-state index in [2.05, 4.69) is 10.1 Å². The molecule has 1 heterocycles. The van der Waals surface area contributed by atoms with Crippen LogP contribution in [0.5, 0.6) is 0 Å². The van der Waals surface area contributed by atoms with E-state index in [4.69, 9.17) is 5.26 Å². The molecule has 0 bridgehead atoms. The number of alkyl carbamates (subject to hydrolysis) is 1. The Hall–Kier alpha value is -1.24. The van der Waals surface area contributed by atoms with Gasteiger partial charge in [0, 0.05) is 0 Å². The lowest BCUT2D eigenvalue weighted by Gasteiger charge is -1.96. The van der Waals surface area contributed by atoms with Crippen molar-refractivity contribution in [1.29, 1.82) is 5.26 Å². The molecule has 1 aliphatic rings. The Bertz CT molecular complexity index is 161. The van der Waals surface area contributed by atoms with Crippen molar-refractivity contribution in [3.8, 4) is 6.07 Å². The maximum absolute atomic E-state index is 10.3. The van der Waals surface area contributed by atoms with Crippen LogP contribution in [0.1, 0.15) is 6.42 Å². The topological polar surface area (TPSA) is 62.1 Å². The molecule has 0 aromatic rings. The van der Waals surface area contributed by atoms with Gasteiger partial charge in [-0.05, 0) is 0 Å². The summed E-state index contributed by atoms with van der Waals surface area (Å²) >= 11 is 0. The van der Waals surface area contributed by atoms with Crippen molar-refractivity contribution < 1.29 is 9.53 Å². The Balaban J connectivity index is 2.32. The van der Waals surface area contributed by atoms with Crippen LogP contribution >= 0.6 is 0 Å². The Morgan fingerprint density at radius 2 is 2.78 bits per heavy atom. The second kappa shape index (κ2) is 2.35. The first-order valence-electron chi connectivity index (χ1n) is 2.63. The molecule has 1 unspecified atom stereocenters. The number of carbonyl (C=O) groups is 1. The molecule has 1 N–H and O–H groups in total. The average Bonchev–Trinajstić information content (AvgIpc) is 2.17. The van der Waals surface area contributed by atoms with E-state index in [1.54, 1.807) is 0 Å².